The Morgan fingerprint density at radius 1 is 1.08 bits per heavy atom. The first-order chi connectivity index (χ1) is 18.7. The summed E-state index contributed by atoms with van der Waals surface area (Å²) in [5.74, 6) is 0.440. The third kappa shape index (κ3) is 5.41. The Morgan fingerprint density at radius 2 is 1.79 bits per heavy atom. The van der Waals surface area contributed by atoms with Crippen LogP contribution in [0.4, 0.5) is 17.3 Å². The summed E-state index contributed by atoms with van der Waals surface area (Å²) >= 11 is 0. The highest BCUT2D eigenvalue weighted by Crippen LogP contribution is 2.23. The number of hydrogen-bond acceptors (Lipinski definition) is 9. The molecule has 5 rings (SSSR count). The van der Waals surface area contributed by atoms with Crippen LogP contribution in [0.2, 0.25) is 0 Å². The van der Waals surface area contributed by atoms with E-state index in [9.17, 15) is 13.2 Å². The number of fused-ring (bicyclic) bond motifs is 1. The summed E-state index contributed by atoms with van der Waals surface area (Å²) in [4.78, 5) is 31.1. The molecule has 0 radical (unpaired) electrons. The van der Waals surface area contributed by atoms with Gasteiger partial charge in [0, 0.05) is 49.8 Å². The Labute approximate surface area is 226 Å². The molecule has 1 fully saturated rings. The summed E-state index contributed by atoms with van der Waals surface area (Å²) in [6.45, 7) is 12.3. The van der Waals surface area contributed by atoms with E-state index >= 15 is 0 Å². The van der Waals surface area contributed by atoms with Gasteiger partial charge in [0.2, 0.25) is 5.95 Å². The maximum absolute atomic E-state index is 13.1. The number of allylic oxidation sites excluding steroid dienone is 1. The van der Waals surface area contributed by atoms with Gasteiger partial charge in [0.25, 0.3) is 15.6 Å². The molecule has 12 nitrogen and oxygen atoms in total. The molecule has 0 bridgehead atoms. The van der Waals surface area contributed by atoms with Crippen molar-refractivity contribution in [3.8, 4) is 5.82 Å². The van der Waals surface area contributed by atoms with Crippen molar-refractivity contribution in [2.24, 2.45) is 5.14 Å². The van der Waals surface area contributed by atoms with Gasteiger partial charge in [-0.3, -0.25) is 9.69 Å². The second-order valence-electron chi connectivity index (χ2n) is 9.59. The van der Waals surface area contributed by atoms with E-state index in [0.29, 0.717) is 6.04 Å². The van der Waals surface area contributed by atoms with Crippen LogP contribution in [-0.2, 0) is 16.6 Å². The minimum atomic E-state index is -4.06. The molecule has 3 N–H and O–H groups in total. The van der Waals surface area contributed by atoms with Crippen LogP contribution in [-0.4, -0.2) is 69.9 Å². The van der Waals surface area contributed by atoms with E-state index in [1.54, 1.807) is 12.1 Å². The molecule has 1 aliphatic heterocycles. The first kappa shape index (κ1) is 26.5. The average Bonchev–Trinajstić information content (AvgIpc) is 3.19. The summed E-state index contributed by atoms with van der Waals surface area (Å²) in [6, 6.07) is 13.0. The average molecular weight is 550 g/mol. The first-order valence-electron chi connectivity index (χ1n) is 12.6. The van der Waals surface area contributed by atoms with Crippen LogP contribution >= 0.6 is 0 Å². The fourth-order valence-corrected chi connectivity index (χ4v) is 5.16. The maximum Gasteiger partial charge on any atom is 0.278 e. The molecule has 1 saturated heterocycles. The molecule has 13 heteroatoms. The number of aromatic nitrogens is 5. The molecule has 39 heavy (non-hydrogen) atoms. The molecular weight excluding hydrogens is 518 g/mol. The van der Waals surface area contributed by atoms with Crippen molar-refractivity contribution in [2.75, 3.05) is 36.4 Å². The van der Waals surface area contributed by atoms with Crippen molar-refractivity contribution >= 4 is 38.4 Å². The van der Waals surface area contributed by atoms with Crippen molar-refractivity contribution in [3.63, 3.8) is 0 Å². The predicted molar refractivity (Wildman–Crippen MR) is 151 cm³/mol. The Bertz CT molecular complexity index is 1670. The number of nitrogens with two attached hydrogens (primary N) is 1. The number of nitrogens with zero attached hydrogens (tertiary/aromatic N) is 7. The lowest BCUT2D eigenvalue weighted by Crippen LogP contribution is -2.48. The molecule has 1 aromatic carbocycles. The zero-order valence-corrected chi connectivity index (χ0v) is 22.7. The lowest BCUT2D eigenvalue weighted by molar-refractivity contribution is 0.209. The van der Waals surface area contributed by atoms with Gasteiger partial charge in [-0.25, -0.2) is 32.9 Å². The van der Waals surface area contributed by atoms with Crippen LogP contribution < -0.4 is 20.9 Å². The lowest BCUT2D eigenvalue weighted by Gasteiger charge is -2.38. The highest BCUT2D eigenvalue weighted by atomic mass is 32.2. The number of nitrogens with one attached hydrogen (secondary N) is 1. The Morgan fingerprint density at radius 3 is 2.44 bits per heavy atom. The van der Waals surface area contributed by atoms with Crippen molar-refractivity contribution in [3.05, 3.63) is 71.7 Å². The summed E-state index contributed by atoms with van der Waals surface area (Å²) in [5.41, 5.74) is 1.84. The zero-order chi connectivity index (χ0) is 27.7. The fourth-order valence-electron chi connectivity index (χ4n) is 4.67. The number of anilines is 3. The minimum Gasteiger partial charge on any atom is -0.369 e. The van der Waals surface area contributed by atoms with Crippen LogP contribution in [0, 0.1) is 0 Å². The largest absolute Gasteiger partial charge is 0.369 e. The number of piperazine rings is 1. The monoisotopic (exact) mass is 549 g/mol. The first-order valence-corrected chi connectivity index (χ1v) is 14.2. The molecule has 3 aromatic heterocycles. The van der Waals surface area contributed by atoms with Crippen LogP contribution in [0.3, 0.4) is 0 Å². The van der Waals surface area contributed by atoms with E-state index < -0.39 is 10.0 Å². The van der Waals surface area contributed by atoms with Crippen LogP contribution in [0.15, 0.2) is 71.1 Å². The van der Waals surface area contributed by atoms with Gasteiger partial charge in [-0.2, -0.15) is 4.98 Å². The number of primary sulfonamides is 1. The Balaban J connectivity index is 1.45. The number of sulfonamides is 1. The van der Waals surface area contributed by atoms with Gasteiger partial charge in [-0.15, -0.1) is 6.58 Å². The number of pyridine rings is 1. The van der Waals surface area contributed by atoms with Gasteiger partial charge < -0.3 is 10.2 Å². The number of benzene rings is 1. The van der Waals surface area contributed by atoms with E-state index in [-0.39, 0.29) is 39.9 Å². The minimum absolute atomic E-state index is 0.145. The standard InChI is InChI=1S/C26H31N9O3S/c1-4-12-34-25(36)21-17-28-26(31-24(21)35(34)22-6-5-7-23(30-22)39(27,37)38)29-19-8-10-20(11-9-19)33-15-13-32(14-16-33)18(2)3/h4-11,17-18H,1,12-16H2,2-3H3,(H2,27,37,38)(H,28,29,31). The van der Waals surface area contributed by atoms with Crippen molar-refractivity contribution < 1.29 is 8.42 Å². The van der Waals surface area contributed by atoms with Crippen LogP contribution in [0.5, 0.6) is 0 Å². The normalized spacial score (nSPS) is 14.7. The van der Waals surface area contributed by atoms with Crippen molar-refractivity contribution in [1.82, 2.24) is 29.2 Å². The molecule has 0 amide bonds. The molecule has 0 spiro atoms. The SMILES string of the molecule is C=CCn1c(=O)c2cnc(Nc3ccc(N4CCN(C(C)C)CC4)cc3)nc2n1-c1cccc(S(N)(=O)=O)n1. The second-order valence-corrected chi connectivity index (χ2v) is 11.1. The van der Waals surface area contributed by atoms with Gasteiger partial charge >= 0.3 is 0 Å². The molecule has 204 valence electrons. The molecule has 0 saturated carbocycles. The van der Waals surface area contributed by atoms with Crippen LogP contribution in [0.25, 0.3) is 16.9 Å². The van der Waals surface area contributed by atoms with Gasteiger partial charge in [-0.1, -0.05) is 12.1 Å². The third-order valence-electron chi connectivity index (χ3n) is 6.73. The molecular formula is C26H31N9O3S. The molecule has 0 unspecified atom stereocenters. The Kier molecular flexibility index (Phi) is 7.21. The van der Waals surface area contributed by atoms with Gasteiger partial charge in [0.05, 0.1) is 6.54 Å². The Hall–Kier alpha value is -4.07. The molecule has 4 heterocycles. The summed E-state index contributed by atoms with van der Waals surface area (Å²) in [5, 5.41) is 8.40. The highest BCUT2D eigenvalue weighted by molar-refractivity contribution is 7.89. The summed E-state index contributed by atoms with van der Waals surface area (Å²) in [7, 11) is -4.06. The maximum atomic E-state index is 13.1. The highest BCUT2D eigenvalue weighted by Gasteiger charge is 2.21. The predicted octanol–water partition coefficient (Wildman–Crippen LogP) is 2.08. The topological polar surface area (TPSA) is 144 Å². The van der Waals surface area contributed by atoms with Gasteiger partial charge in [0.1, 0.15) is 5.39 Å². The van der Waals surface area contributed by atoms with E-state index in [0.717, 1.165) is 37.6 Å². The molecule has 0 atom stereocenters. The third-order valence-corrected chi connectivity index (χ3v) is 7.54. The summed E-state index contributed by atoms with van der Waals surface area (Å²) in [6.07, 6.45) is 2.99. The smallest absolute Gasteiger partial charge is 0.278 e. The van der Waals surface area contributed by atoms with Crippen molar-refractivity contribution in [2.45, 2.75) is 31.5 Å². The van der Waals surface area contributed by atoms with Crippen LogP contribution in [0.1, 0.15) is 13.8 Å². The molecule has 4 aromatic rings. The van der Waals surface area contributed by atoms with E-state index in [1.807, 2.05) is 12.1 Å². The summed E-state index contributed by atoms with van der Waals surface area (Å²) < 4.78 is 26.6. The fraction of sp³-hybridized carbons (Fsp3) is 0.308. The molecule has 0 aliphatic carbocycles. The number of rotatable bonds is 8. The number of hydrogen-bond donors (Lipinski definition) is 2. The molecule has 1 aliphatic rings. The van der Waals surface area contributed by atoms with Crippen molar-refractivity contribution in [1.29, 1.82) is 0 Å². The van der Waals surface area contributed by atoms with E-state index in [2.05, 4.69) is 62.6 Å². The lowest BCUT2D eigenvalue weighted by atomic mass is 10.2. The van der Waals surface area contributed by atoms with E-state index in [4.69, 9.17) is 5.14 Å². The zero-order valence-electron chi connectivity index (χ0n) is 21.9. The van der Waals surface area contributed by atoms with Gasteiger partial charge in [0.15, 0.2) is 16.5 Å². The quantitative estimate of drug-likeness (QED) is 0.316. The van der Waals surface area contributed by atoms with Gasteiger partial charge in [-0.05, 0) is 50.2 Å². The second kappa shape index (κ2) is 10.6. The van der Waals surface area contributed by atoms with E-state index in [1.165, 1.54) is 27.7 Å².